The van der Waals surface area contributed by atoms with Gasteiger partial charge in [-0.05, 0) is 24.3 Å². The molecule has 0 atom stereocenters. The Hall–Kier alpha value is -2.22. The third-order valence-corrected chi connectivity index (χ3v) is 3.76. The first-order valence-electron chi connectivity index (χ1n) is 5.73. The Bertz CT molecular complexity index is 732. The third-order valence-electron chi connectivity index (χ3n) is 2.63. The molecule has 0 saturated heterocycles. The van der Waals surface area contributed by atoms with E-state index < -0.39 is 9.84 Å². The van der Waals surface area contributed by atoms with Crippen molar-refractivity contribution in [3.05, 3.63) is 30.1 Å². The zero-order valence-electron chi connectivity index (χ0n) is 11.3. The Labute approximate surface area is 116 Å². The average Bonchev–Trinajstić information content (AvgIpc) is 2.86. The molecule has 8 heteroatoms. The molecular formula is C12H14N4O3S. The van der Waals surface area contributed by atoms with E-state index >= 15 is 0 Å². The first-order chi connectivity index (χ1) is 9.29. The van der Waals surface area contributed by atoms with Crippen LogP contribution < -0.4 is 0 Å². The average molecular weight is 294 g/mol. The molecule has 0 unspecified atom stereocenters. The van der Waals surface area contributed by atoms with Gasteiger partial charge in [0.25, 0.3) is 5.91 Å². The predicted molar refractivity (Wildman–Crippen MR) is 72.9 cm³/mol. The molecule has 0 aliphatic carbocycles. The molecule has 1 heterocycles. The first-order valence-corrected chi connectivity index (χ1v) is 7.63. The highest BCUT2D eigenvalue weighted by Crippen LogP contribution is 2.18. The summed E-state index contributed by atoms with van der Waals surface area (Å²) >= 11 is 0. The second kappa shape index (κ2) is 5.04. The van der Waals surface area contributed by atoms with Crippen LogP contribution in [-0.4, -0.2) is 54.8 Å². The van der Waals surface area contributed by atoms with Crippen molar-refractivity contribution in [3.63, 3.8) is 0 Å². The molecule has 1 amide bonds. The molecule has 0 aliphatic heterocycles. The molecule has 7 nitrogen and oxygen atoms in total. The molecule has 2 rings (SSSR count). The van der Waals surface area contributed by atoms with Crippen molar-refractivity contribution in [1.82, 2.24) is 20.1 Å². The topological polar surface area (TPSA) is 96.0 Å². The number of benzene rings is 1. The quantitative estimate of drug-likeness (QED) is 0.893. The molecule has 106 valence electrons. The van der Waals surface area contributed by atoms with Crippen molar-refractivity contribution in [2.75, 3.05) is 20.4 Å². The van der Waals surface area contributed by atoms with Crippen molar-refractivity contribution in [3.8, 4) is 11.4 Å². The van der Waals surface area contributed by atoms with Gasteiger partial charge in [0.05, 0.1) is 4.90 Å². The molecule has 0 radical (unpaired) electrons. The van der Waals surface area contributed by atoms with Crippen LogP contribution in [0.5, 0.6) is 0 Å². The third kappa shape index (κ3) is 2.85. The molecule has 20 heavy (non-hydrogen) atoms. The van der Waals surface area contributed by atoms with E-state index in [0.29, 0.717) is 11.4 Å². The van der Waals surface area contributed by atoms with Gasteiger partial charge in [-0.1, -0.05) is 0 Å². The Morgan fingerprint density at radius 2 is 1.80 bits per heavy atom. The van der Waals surface area contributed by atoms with E-state index in [-0.39, 0.29) is 16.6 Å². The molecule has 0 bridgehead atoms. The summed E-state index contributed by atoms with van der Waals surface area (Å²) in [4.78, 5) is 17.4. The molecule has 2 aromatic rings. The maximum absolute atomic E-state index is 11.7. The van der Waals surface area contributed by atoms with Gasteiger partial charge in [-0.2, -0.15) is 5.10 Å². The second-order valence-electron chi connectivity index (χ2n) is 4.50. The van der Waals surface area contributed by atoms with Crippen LogP contribution >= 0.6 is 0 Å². The summed E-state index contributed by atoms with van der Waals surface area (Å²) in [6.07, 6.45) is 1.14. The highest BCUT2D eigenvalue weighted by molar-refractivity contribution is 7.90. The number of hydrogen-bond donors (Lipinski definition) is 1. The van der Waals surface area contributed by atoms with Crippen LogP contribution in [0.4, 0.5) is 0 Å². The van der Waals surface area contributed by atoms with Gasteiger partial charge in [-0.3, -0.25) is 9.89 Å². The second-order valence-corrected chi connectivity index (χ2v) is 6.52. The summed E-state index contributed by atoms with van der Waals surface area (Å²) < 4.78 is 22.7. The van der Waals surface area contributed by atoms with Crippen molar-refractivity contribution >= 4 is 15.7 Å². The number of aromatic amines is 1. The minimum absolute atomic E-state index is 0.136. The summed E-state index contributed by atoms with van der Waals surface area (Å²) in [6.45, 7) is 0. The van der Waals surface area contributed by atoms with Crippen molar-refractivity contribution in [2.45, 2.75) is 4.90 Å². The largest absolute Gasteiger partial charge is 0.342 e. The number of sulfone groups is 1. The lowest BCUT2D eigenvalue weighted by Crippen LogP contribution is -2.22. The van der Waals surface area contributed by atoms with E-state index in [2.05, 4.69) is 15.2 Å². The minimum Gasteiger partial charge on any atom is -0.342 e. The van der Waals surface area contributed by atoms with Gasteiger partial charge in [-0.25, -0.2) is 13.4 Å². The number of nitrogens with one attached hydrogen (secondary N) is 1. The molecule has 1 N–H and O–H groups in total. The van der Waals surface area contributed by atoms with Crippen LogP contribution in [0.1, 0.15) is 10.6 Å². The standard InChI is InChI=1S/C12H14N4O3S/c1-16(2)12(17)11-13-10(14-15-11)8-4-6-9(7-5-8)20(3,18)19/h4-7H,1-3H3,(H,13,14,15). The zero-order chi connectivity index (χ0) is 14.9. The Morgan fingerprint density at radius 1 is 1.20 bits per heavy atom. The van der Waals surface area contributed by atoms with Crippen LogP contribution in [0.3, 0.4) is 0 Å². The van der Waals surface area contributed by atoms with Crippen LogP contribution in [0.15, 0.2) is 29.2 Å². The number of nitrogens with zero attached hydrogens (tertiary/aromatic N) is 3. The fourth-order valence-electron chi connectivity index (χ4n) is 1.55. The summed E-state index contributed by atoms with van der Waals surface area (Å²) in [5.74, 6) is 0.198. The number of rotatable bonds is 3. The van der Waals surface area contributed by atoms with Gasteiger partial charge in [0.2, 0.25) is 5.82 Å². The maximum atomic E-state index is 11.7. The summed E-state index contributed by atoms with van der Waals surface area (Å²) in [6, 6.07) is 6.16. The maximum Gasteiger partial charge on any atom is 0.290 e. The summed E-state index contributed by atoms with van der Waals surface area (Å²) in [5.41, 5.74) is 0.631. The molecule has 0 aliphatic rings. The van der Waals surface area contributed by atoms with Crippen molar-refractivity contribution in [1.29, 1.82) is 0 Å². The van der Waals surface area contributed by atoms with Crippen LogP contribution in [0.25, 0.3) is 11.4 Å². The Balaban J connectivity index is 2.31. The SMILES string of the molecule is CN(C)C(=O)c1nc(-c2ccc(S(C)(=O)=O)cc2)n[nH]1. The first kappa shape index (κ1) is 14.2. The smallest absolute Gasteiger partial charge is 0.290 e. The van der Waals surface area contributed by atoms with Crippen molar-refractivity contribution < 1.29 is 13.2 Å². The molecule has 1 aromatic heterocycles. The molecule has 0 saturated carbocycles. The Morgan fingerprint density at radius 3 is 2.30 bits per heavy atom. The minimum atomic E-state index is -3.23. The van der Waals surface area contributed by atoms with Crippen molar-refractivity contribution in [2.24, 2.45) is 0 Å². The van der Waals surface area contributed by atoms with E-state index in [1.165, 1.54) is 17.0 Å². The predicted octanol–water partition coefficient (Wildman–Crippen LogP) is 0.577. The lowest BCUT2D eigenvalue weighted by atomic mass is 10.2. The van der Waals surface area contributed by atoms with Gasteiger partial charge in [0.1, 0.15) is 0 Å². The number of carbonyl (C=O) groups is 1. The zero-order valence-corrected chi connectivity index (χ0v) is 12.1. The van der Waals surface area contributed by atoms with Gasteiger partial charge in [0, 0.05) is 25.9 Å². The van der Waals surface area contributed by atoms with Crippen LogP contribution in [0.2, 0.25) is 0 Å². The number of aromatic nitrogens is 3. The van der Waals surface area contributed by atoms with E-state index in [1.54, 1.807) is 26.2 Å². The number of H-pyrrole nitrogens is 1. The van der Waals surface area contributed by atoms with E-state index in [0.717, 1.165) is 6.26 Å². The fourth-order valence-corrected chi connectivity index (χ4v) is 2.18. The van der Waals surface area contributed by atoms with Crippen LogP contribution in [0, 0.1) is 0 Å². The summed E-state index contributed by atoms with van der Waals surface area (Å²) in [7, 11) is 0.00234. The fraction of sp³-hybridized carbons (Fsp3) is 0.250. The number of carbonyl (C=O) groups excluding carboxylic acids is 1. The highest BCUT2D eigenvalue weighted by Gasteiger charge is 2.15. The van der Waals surface area contributed by atoms with E-state index in [1.807, 2.05) is 0 Å². The number of amides is 1. The van der Waals surface area contributed by atoms with Gasteiger partial charge >= 0.3 is 0 Å². The molecular weight excluding hydrogens is 280 g/mol. The Kier molecular flexibility index (Phi) is 3.58. The normalized spacial score (nSPS) is 11.3. The van der Waals surface area contributed by atoms with Gasteiger partial charge < -0.3 is 4.90 Å². The van der Waals surface area contributed by atoms with Crippen LogP contribution in [-0.2, 0) is 9.84 Å². The van der Waals surface area contributed by atoms with Gasteiger partial charge in [-0.15, -0.1) is 0 Å². The van der Waals surface area contributed by atoms with E-state index in [9.17, 15) is 13.2 Å². The lowest BCUT2D eigenvalue weighted by Gasteiger charge is -2.05. The monoisotopic (exact) mass is 294 g/mol. The van der Waals surface area contributed by atoms with E-state index in [4.69, 9.17) is 0 Å². The molecule has 0 fully saturated rings. The number of hydrogen-bond acceptors (Lipinski definition) is 5. The van der Waals surface area contributed by atoms with Gasteiger partial charge in [0.15, 0.2) is 15.7 Å². The summed E-state index contributed by atoms with van der Waals surface area (Å²) in [5, 5.41) is 6.51. The highest BCUT2D eigenvalue weighted by atomic mass is 32.2. The molecule has 1 aromatic carbocycles. The molecule has 0 spiro atoms. The lowest BCUT2D eigenvalue weighted by molar-refractivity contribution is 0.0816.